The summed E-state index contributed by atoms with van der Waals surface area (Å²) in [6, 6.07) is 18.8. The summed E-state index contributed by atoms with van der Waals surface area (Å²) in [5.74, 6) is 0.785. The van der Waals surface area contributed by atoms with Gasteiger partial charge in [-0.2, -0.15) is 0 Å². The maximum absolute atomic E-state index is 10.1. The molecule has 28 heavy (non-hydrogen) atoms. The Kier molecular flexibility index (Phi) is 5.04. The van der Waals surface area contributed by atoms with Gasteiger partial charge < -0.3 is 10.0 Å². The fourth-order valence-corrected chi connectivity index (χ4v) is 4.03. The van der Waals surface area contributed by atoms with Crippen LogP contribution < -0.4 is 4.90 Å². The first-order chi connectivity index (χ1) is 13.4. The Balaban J connectivity index is 1.68. The van der Waals surface area contributed by atoms with Crippen molar-refractivity contribution < 1.29 is 5.11 Å². The molecule has 1 fully saturated rings. The van der Waals surface area contributed by atoms with E-state index in [-0.39, 0.29) is 6.04 Å². The molecule has 146 valence electrons. The minimum absolute atomic E-state index is 0.279. The van der Waals surface area contributed by atoms with E-state index in [0.29, 0.717) is 6.54 Å². The number of fused-ring (bicyclic) bond motifs is 1. The zero-order chi connectivity index (χ0) is 19.7. The van der Waals surface area contributed by atoms with E-state index in [1.165, 1.54) is 0 Å². The Labute approximate surface area is 166 Å². The van der Waals surface area contributed by atoms with Crippen LogP contribution in [0, 0.1) is 0 Å². The molecule has 1 unspecified atom stereocenters. The number of hydrogen-bond acceptors (Lipinski definition) is 5. The van der Waals surface area contributed by atoms with Gasteiger partial charge in [-0.25, -0.2) is 9.97 Å². The third-order valence-electron chi connectivity index (χ3n) is 5.22. The molecule has 0 amide bonds. The molecule has 1 saturated heterocycles. The second kappa shape index (κ2) is 7.49. The summed E-state index contributed by atoms with van der Waals surface area (Å²) < 4.78 is 0. The van der Waals surface area contributed by atoms with Crippen LogP contribution in [0.2, 0.25) is 0 Å². The monoisotopic (exact) mass is 376 g/mol. The van der Waals surface area contributed by atoms with Gasteiger partial charge in [-0.3, -0.25) is 4.90 Å². The summed E-state index contributed by atoms with van der Waals surface area (Å²) in [4.78, 5) is 14.5. The third kappa shape index (κ3) is 4.01. The van der Waals surface area contributed by atoms with Crippen molar-refractivity contribution in [3.63, 3.8) is 0 Å². The number of rotatable bonds is 4. The molecule has 0 aliphatic carbocycles. The quantitative estimate of drug-likeness (QED) is 0.754. The van der Waals surface area contributed by atoms with Gasteiger partial charge in [0.2, 0.25) is 5.95 Å². The number of aliphatic hydroxyl groups is 1. The fraction of sp³-hybridized carbons (Fsp3) is 0.391. The van der Waals surface area contributed by atoms with Crippen LogP contribution in [0.1, 0.15) is 20.8 Å². The van der Waals surface area contributed by atoms with Gasteiger partial charge in [0.15, 0.2) is 0 Å². The van der Waals surface area contributed by atoms with Crippen LogP contribution in [0.4, 0.5) is 5.95 Å². The summed E-state index contributed by atoms with van der Waals surface area (Å²) in [5.41, 5.74) is 2.38. The first-order valence-electron chi connectivity index (χ1n) is 9.94. The average molecular weight is 377 g/mol. The molecule has 4 rings (SSSR count). The molecule has 2 aromatic carbocycles. The van der Waals surface area contributed by atoms with Crippen molar-refractivity contribution in [2.75, 3.05) is 31.1 Å². The van der Waals surface area contributed by atoms with Gasteiger partial charge in [0.1, 0.15) is 0 Å². The predicted molar refractivity (Wildman–Crippen MR) is 115 cm³/mol. The number of hydrogen-bond donors (Lipinski definition) is 1. The van der Waals surface area contributed by atoms with E-state index in [9.17, 15) is 5.11 Å². The van der Waals surface area contributed by atoms with Gasteiger partial charge >= 0.3 is 0 Å². The molecule has 0 saturated carbocycles. The second-order valence-electron chi connectivity index (χ2n) is 8.35. The van der Waals surface area contributed by atoms with E-state index >= 15 is 0 Å². The first kappa shape index (κ1) is 18.8. The number of β-amino-alcohol motifs (C(OH)–C–C–N with tert-alkyl or cyclic N) is 1. The summed E-state index contributed by atoms with van der Waals surface area (Å²) in [5, 5.41) is 11.2. The molecule has 1 atom stereocenters. The van der Waals surface area contributed by atoms with Gasteiger partial charge in [0.25, 0.3) is 0 Å². The van der Waals surface area contributed by atoms with E-state index in [2.05, 4.69) is 41.0 Å². The Morgan fingerprint density at radius 1 is 1.00 bits per heavy atom. The predicted octanol–water partition coefficient (Wildman–Crippen LogP) is 3.58. The highest BCUT2D eigenvalue weighted by molar-refractivity contribution is 5.93. The largest absolute Gasteiger partial charge is 0.389 e. The van der Waals surface area contributed by atoms with Crippen molar-refractivity contribution in [2.24, 2.45) is 0 Å². The minimum Gasteiger partial charge on any atom is -0.389 e. The average Bonchev–Trinajstić information content (AvgIpc) is 2.66. The van der Waals surface area contributed by atoms with Crippen LogP contribution in [-0.2, 0) is 0 Å². The van der Waals surface area contributed by atoms with E-state index in [0.717, 1.165) is 47.7 Å². The summed E-state index contributed by atoms with van der Waals surface area (Å²) in [7, 11) is 0. The summed E-state index contributed by atoms with van der Waals surface area (Å²) in [6.45, 7) is 9.25. The highest BCUT2D eigenvalue weighted by atomic mass is 16.3. The SMILES string of the molecule is CC1CN(CC(C)(C)O)CCN1c1nc(-c2ccccc2)c2ccccc2n1. The van der Waals surface area contributed by atoms with Gasteiger partial charge in [-0.05, 0) is 26.8 Å². The van der Waals surface area contributed by atoms with Crippen molar-refractivity contribution in [1.29, 1.82) is 0 Å². The minimum atomic E-state index is -0.679. The second-order valence-corrected chi connectivity index (χ2v) is 8.35. The molecule has 1 aliphatic heterocycles. The maximum atomic E-state index is 10.1. The number of piperazine rings is 1. The highest BCUT2D eigenvalue weighted by Crippen LogP contribution is 2.29. The normalized spacial score (nSPS) is 18.6. The highest BCUT2D eigenvalue weighted by Gasteiger charge is 2.29. The molecule has 5 nitrogen and oxygen atoms in total. The number of para-hydroxylation sites is 1. The van der Waals surface area contributed by atoms with Gasteiger partial charge in [-0.15, -0.1) is 0 Å². The number of aromatic nitrogens is 2. The molecule has 0 spiro atoms. The van der Waals surface area contributed by atoms with E-state index < -0.39 is 5.60 Å². The lowest BCUT2D eigenvalue weighted by molar-refractivity contribution is 0.0307. The van der Waals surface area contributed by atoms with Gasteiger partial charge in [0, 0.05) is 43.2 Å². The van der Waals surface area contributed by atoms with Crippen molar-refractivity contribution in [1.82, 2.24) is 14.9 Å². The van der Waals surface area contributed by atoms with Crippen molar-refractivity contribution in [3.8, 4) is 11.3 Å². The van der Waals surface area contributed by atoms with Crippen molar-refractivity contribution in [3.05, 3.63) is 54.6 Å². The molecule has 0 radical (unpaired) electrons. The first-order valence-corrected chi connectivity index (χ1v) is 9.94. The van der Waals surface area contributed by atoms with E-state index in [4.69, 9.17) is 9.97 Å². The van der Waals surface area contributed by atoms with Crippen LogP contribution >= 0.6 is 0 Å². The molecule has 1 aliphatic rings. The maximum Gasteiger partial charge on any atom is 0.226 e. The smallest absolute Gasteiger partial charge is 0.226 e. The zero-order valence-electron chi connectivity index (χ0n) is 16.8. The van der Waals surface area contributed by atoms with Crippen LogP contribution in [0.25, 0.3) is 22.2 Å². The Bertz CT molecular complexity index is 952. The lowest BCUT2D eigenvalue weighted by atomic mass is 10.1. The van der Waals surface area contributed by atoms with E-state index in [1.54, 1.807) is 0 Å². The molecular weight excluding hydrogens is 348 g/mol. The number of benzene rings is 2. The molecular formula is C23H28N4O. The van der Waals surface area contributed by atoms with Crippen LogP contribution in [0.5, 0.6) is 0 Å². The Morgan fingerprint density at radius 2 is 1.71 bits per heavy atom. The summed E-state index contributed by atoms with van der Waals surface area (Å²) in [6.07, 6.45) is 0. The Morgan fingerprint density at radius 3 is 2.43 bits per heavy atom. The molecule has 1 N–H and O–H groups in total. The molecule has 2 heterocycles. The topological polar surface area (TPSA) is 52.5 Å². The van der Waals surface area contributed by atoms with Crippen LogP contribution in [0.3, 0.4) is 0 Å². The molecule has 1 aromatic heterocycles. The molecule has 0 bridgehead atoms. The van der Waals surface area contributed by atoms with Gasteiger partial charge in [-0.1, -0.05) is 48.5 Å². The number of nitrogens with zero attached hydrogens (tertiary/aromatic N) is 4. The fourth-order valence-electron chi connectivity index (χ4n) is 4.03. The van der Waals surface area contributed by atoms with E-state index in [1.807, 2.05) is 44.2 Å². The number of anilines is 1. The van der Waals surface area contributed by atoms with Crippen molar-refractivity contribution in [2.45, 2.75) is 32.4 Å². The zero-order valence-corrected chi connectivity index (χ0v) is 16.8. The molecule has 5 heteroatoms. The Hall–Kier alpha value is -2.50. The lowest BCUT2D eigenvalue weighted by Crippen LogP contribution is -2.55. The summed E-state index contributed by atoms with van der Waals surface area (Å²) >= 11 is 0. The van der Waals surface area contributed by atoms with Crippen molar-refractivity contribution >= 4 is 16.9 Å². The van der Waals surface area contributed by atoms with Crippen LogP contribution in [-0.4, -0.2) is 57.8 Å². The third-order valence-corrected chi connectivity index (χ3v) is 5.22. The lowest BCUT2D eigenvalue weighted by Gasteiger charge is -2.41. The van der Waals surface area contributed by atoms with Crippen LogP contribution in [0.15, 0.2) is 54.6 Å². The standard InChI is InChI=1S/C23H28N4O/c1-17-15-26(16-23(2,3)28)13-14-27(17)22-24-20-12-8-7-11-19(20)21(25-22)18-9-5-4-6-10-18/h4-12,17,28H,13-16H2,1-3H3. The van der Waals surface area contributed by atoms with Gasteiger partial charge in [0.05, 0.1) is 16.8 Å². The molecule has 3 aromatic rings.